The van der Waals surface area contributed by atoms with Gasteiger partial charge in [-0.15, -0.1) is 5.10 Å². The monoisotopic (exact) mass is 314 g/mol. The molecule has 0 amide bonds. The minimum atomic E-state index is 0.412. The Labute approximate surface area is 135 Å². The van der Waals surface area contributed by atoms with Crippen molar-refractivity contribution in [3.63, 3.8) is 0 Å². The van der Waals surface area contributed by atoms with Crippen molar-refractivity contribution in [2.75, 3.05) is 18.0 Å². The number of nitrogens with zero attached hydrogens (tertiary/aromatic N) is 5. The fourth-order valence-electron chi connectivity index (χ4n) is 2.98. The van der Waals surface area contributed by atoms with E-state index in [1.807, 2.05) is 19.1 Å². The van der Waals surface area contributed by atoms with Gasteiger partial charge in [0.25, 0.3) is 0 Å². The molecule has 1 N–H and O–H groups in total. The Kier molecular flexibility index (Phi) is 3.95. The average molecular weight is 314 g/mol. The summed E-state index contributed by atoms with van der Waals surface area (Å²) in [7, 11) is 0. The van der Waals surface area contributed by atoms with Gasteiger partial charge in [-0.3, -0.25) is 0 Å². The first-order chi connectivity index (χ1) is 11.3. The molecule has 0 spiro atoms. The molecule has 3 heterocycles. The van der Waals surface area contributed by atoms with Crippen molar-refractivity contribution in [3.05, 3.63) is 29.5 Å². The molecule has 1 saturated heterocycles. The Hall–Kier alpha value is -2.02. The fourth-order valence-corrected chi connectivity index (χ4v) is 2.98. The molecule has 2 fully saturated rings. The molecule has 0 bridgehead atoms. The molecule has 7 heteroatoms. The number of anilines is 1. The Bertz CT molecular complexity index is 651. The number of hydrogen-bond donors (Lipinski definition) is 1. The van der Waals surface area contributed by atoms with Crippen LogP contribution in [0.15, 0.2) is 16.7 Å². The zero-order chi connectivity index (χ0) is 15.6. The van der Waals surface area contributed by atoms with Crippen LogP contribution in [-0.2, 0) is 6.54 Å². The van der Waals surface area contributed by atoms with Crippen LogP contribution in [0.2, 0.25) is 0 Å². The lowest BCUT2D eigenvalue weighted by atomic mass is 10.1. The smallest absolute Gasteiger partial charge is 0.229 e. The summed E-state index contributed by atoms with van der Waals surface area (Å²) in [6.07, 6.45) is 4.67. The van der Waals surface area contributed by atoms with Crippen LogP contribution in [0.3, 0.4) is 0 Å². The van der Waals surface area contributed by atoms with Gasteiger partial charge in [-0.25, -0.2) is 0 Å². The van der Waals surface area contributed by atoms with Gasteiger partial charge >= 0.3 is 0 Å². The maximum atomic E-state index is 5.30. The average Bonchev–Trinajstić information content (AvgIpc) is 3.33. The van der Waals surface area contributed by atoms with E-state index in [9.17, 15) is 0 Å². The SMILES string of the molecule is Cc1ccc(N2CCC[C@H](NCc3noc(C4CC4)n3)C2)nn1. The molecular formula is C16H22N6O. The Morgan fingerprint density at radius 3 is 2.96 bits per heavy atom. The third kappa shape index (κ3) is 3.50. The molecule has 7 nitrogen and oxygen atoms in total. The fraction of sp³-hybridized carbons (Fsp3) is 0.625. The second kappa shape index (κ2) is 6.23. The summed E-state index contributed by atoms with van der Waals surface area (Å²) >= 11 is 0. The van der Waals surface area contributed by atoms with Crippen LogP contribution < -0.4 is 10.2 Å². The van der Waals surface area contributed by atoms with E-state index in [2.05, 4.69) is 30.6 Å². The normalized spacial score (nSPS) is 21.6. The molecule has 0 radical (unpaired) electrons. The van der Waals surface area contributed by atoms with Gasteiger partial charge in [0.05, 0.1) is 12.2 Å². The van der Waals surface area contributed by atoms with Crippen molar-refractivity contribution in [1.29, 1.82) is 0 Å². The number of nitrogens with one attached hydrogen (secondary N) is 1. The van der Waals surface area contributed by atoms with E-state index < -0.39 is 0 Å². The first-order valence-electron chi connectivity index (χ1n) is 8.39. The molecule has 2 aromatic heterocycles. The molecule has 1 saturated carbocycles. The van der Waals surface area contributed by atoms with Gasteiger partial charge in [-0.2, -0.15) is 10.1 Å². The molecule has 0 unspecified atom stereocenters. The number of rotatable bonds is 5. The predicted molar refractivity (Wildman–Crippen MR) is 85.1 cm³/mol. The van der Waals surface area contributed by atoms with Gasteiger partial charge in [0.2, 0.25) is 5.89 Å². The standard InChI is InChI=1S/C16H22N6O/c1-11-4-7-15(20-19-11)22-8-2-3-13(10-22)17-9-14-18-16(23-21-14)12-5-6-12/h4,7,12-13,17H,2-3,5-6,8-10H2,1H3/t13-/m0/s1. The molecule has 122 valence electrons. The van der Waals surface area contributed by atoms with Crippen LogP contribution in [0.1, 0.15) is 49.0 Å². The largest absolute Gasteiger partial charge is 0.354 e. The highest BCUT2D eigenvalue weighted by atomic mass is 16.5. The number of piperidine rings is 1. The van der Waals surface area contributed by atoms with Crippen molar-refractivity contribution in [2.45, 2.75) is 51.1 Å². The van der Waals surface area contributed by atoms with Crippen LogP contribution >= 0.6 is 0 Å². The first kappa shape index (κ1) is 14.6. The third-order valence-electron chi connectivity index (χ3n) is 4.49. The lowest BCUT2D eigenvalue weighted by Crippen LogP contribution is -2.46. The quantitative estimate of drug-likeness (QED) is 0.901. The van der Waals surface area contributed by atoms with E-state index in [-0.39, 0.29) is 0 Å². The van der Waals surface area contributed by atoms with E-state index in [1.165, 1.54) is 12.8 Å². The summed E-state index contributed by atoms with van der Waals surface area (Å²) in [5.41, 5.74) is 0.948. The molecule has 0 aromatic carbocycles. The van der Waals surface area contributed by atoms with Gasteiger partial charge < -0.3 is 14.7 Å². The highest BCUT2D eigenvalue weighted by molar-refractivity contribution is 5.38. The molecule has 1 aliphatic heterocycles. The maximum Gasteiger partial charge on any atom is 0.229 e. The lowest BCUT2D eigenvalue weighted by Gasteiger charge is -2.33. The van der Waals surface area contributed by atoms with Gasteiger partial charge in [0, 0.05) is 25.0 Å². The molecule has 4 rings (SSSR count). The Morgan fingerprint density at radius 1 is 1.26 bits per heavy atom. The lowest BCUT2D eigenvalue weighted by molar-refractivity contribution is 0.366. The number of aromatic nitrogens is 4. The van der Waals surface area contributed by atoms with Crippen LogP contribution in [0.4, 0.5) is 5.82 Å². The van der Waals surface area contributed by atoms with Gasteiger partial charge in [0.1, 0.15) is 0 Å². The molecule has 1 atom stereocenters. The number of aryl methyl sites for hydroxylation is 1. The zero-order valence-electron chi connectivity index (χ0n) is 13.4. The predicted octanol–water partition coefficient (Wildman–Crippen LogP) is 1.80. The number of hydrogen-bond acceptors (Lipinski definition) is 7. The van der Waals surface area contributed by atoms with Crippen molar-refractivity contribution in [2.24, 2.45) is 0 Å². The zero-order valence-corrected chi connectivity index (χ0v) is 13.4. The Balaban J connectivity index is 1.32. The van der Waals surface area contributed by atoms with Crippen LogP contribution in [0.5, 0.6) is 0 Å². The maximum absolute atomic E-state index is 5.30. The molecule has 23 heavy (non-hydrogen) atoms. The summed E-state index contributed by atoms with van der Waals surface area (Å²) in [6.45, 7) is 4.58. The van der Waals surface area contributed by atoms with Gasteiger partial charge in [0.15, 0.2) is 11.6 Å². The van der Waals surface area contributed by atoms with E-state index >= 15 is 0 Å². The topological polar surface area (TPSA) is 80.0 Å². The summed E-state index contributed by atoms with van der Waals surface area (Å²) in [5, 5.41) is 16.1. The van der Waals surface area contributed by atoms with Crippen LogP contribution in [0, 0.1) is 6.92 Å². The molecule has 1 aliphatic carbocycles. The van der Waals surface area contributed by atoms with E-state index in [4.69, 9.17) is 4.52 Å². The molecule has 2 aliphatic rings. The van der Waals surface area contributed by atoms with Gasteiger partial charge in [-0.05, 0) is 44.7 Å². The Morgan fingerprint density at radius 2 is 2.17 bits per heavy atom. The van der Waals surface area contributed by atoms with E-state index in [0.717, 1.165) is 49.2 Å². The van der Waals surface area contributed by atoms with Gasteiger partial charge in [-0.1, -0.05) is 5.16 Å². The summed E-state index contributed by atoms with van der Waals surface area (Å²) in [5.74, 6) is 3.04. The first-order valence-corrected chi connectivity index (χ1v) is 8.39. The van der Waals surface area contributed by atoms with Crippen molar-refractivity contribution >= 4 is 5.82 Å². The summed E-state index contributed by atoms with van der Waals surface area (Å²) in [6, 6.07) is 4.47. The van der Waals surface area contributed by atoms with E-state index in [1.54, 1.807) is 0 Å². The molecular weight excluding hydrogens is 292 g/mol. The minimum absolute atomic E-state index is 0.412. The van der Waals surface area contributed by atoms with Crippen molar-refractivity contribution in [1.82, 2.24) is 25.7 Å². The van der Waals surface area contributed by atoms with Crippen molar-refractivity contribution in [3.8, 4) is 0 Å². The third-order valence-corrected chi connectivity index (χ3v) is 4.49. The second-order valence-corrected chi connectivity index (χ2v) is 6.52. The van der Waals surface area contributed by atoms with Crippen LogP contribution in [0.25, 0.3) is 0 Å². The summed E-state index contributed by atoms with van der Waals surface area (Å²) < 4.78 is 5.30. The van der Waals surface area contributed by atoms with Crippen molar-refractivity contribution < 1.29 is 4.52 Å². The minimum Gasteiger partial charge on any atom is -0.354 e. The van der Waals surface area contributed by atoms with E-state index in [0.29, 0.717) is 18.5 Å². The summed E-state index contributed by atoms with van der Waals surface area (Å²) in [4.78, 5) is 6.76. The molecule has 2 aromatic rings. The highest BCUT2D eigenvalue weighted by Gasteiger charge is 2.29. The second-order valence-electron chi connectivity index (χ2n) is 6.52. The highest BCUT2D eigenvalue weighted by Crippen LogP contribution is 2.38. The van der Waals surface area contributed by atoms with Crippen LogP contribution in [-0.4, -0.2) is 39.5 Å².